The van der Waals surface area contributed by atoms with E-state index in [0.717, 1.165) is 10.8 Å². The van der Waals surface area contributed by atoms with Crippen LogP contribution in [0, 0.1) is 0 Å². The van der Waals surface area contributed by atoms with Gasteiger partial charge in [0.2, 0.25) is 0 Å². The third-order valence-electron chi connectivity index (χ3n) is 6.30. The number of methoxy groups -OCH3 is 2. The van der Waals surface area contributed by atoms with Crippen LogP contribution in [0.2, 0.25) is 5.02 Å². The third-order valence-corrected chi connectivity index (χ3v) is 6.53. The van der Waals surface area contributed by atoms with E-state index in [1.165, 1.54) is 0 Å². The van der Waals surface area contributed by atoms with Crippen molar-refractivity contribution in [1.82, 2.24) is 10.2 Å². The number of carbonyl (C=O) groups is 2. The molecule has 2 heterocycles. The monoisotopic (exact) mass is 466 g/mol. The molecule has 0 radical (unpaired) electrons. The fourth-order valence-corrected chi connectivity index (χ4v) is 4.73. The van der Waals surface area contributed by atoms with Gasteiger partial charge in [0.25, 0.3) is 11.8 Å². The van der Waals surface area contributed by atoms with Gasteiger partial charge in [0.1, 0.15) is 17.2 Å². The van der Waals surface area contributed by atoms with E-state index in [2.05, 4.69) is 5.32 Å². The number of nitrogens with zero attached hydrogens (tertiary/aromatic N) is 1. The smallest absolute Gasteiger partial charge is 0.258 e. The van der Waals surface area contributed by atoms with Crippen molar-refractivity contribution in [2.75, 3.05) is 27.3 Å². The van der Waals surface area contributed by atoms with Gasteiger partial charge in [0.15, 0.2) is 5.72 Å². The molecule has 1 saturated heterocycles. The molecule has 3 aromatic rings. The van der Waals surface area contributed by atoms with Gasteiger partial charge in [-0.25, -0.2) is 0 Å². The molecule has 2 aliphatic heterocycles. The first-order valence-electron chi connectivity index (χ1n) is 10.7. The average Bonchev–Trinajstić information content (AvgIpc) is 2.83. The number of piperidine rings is 1. The van der Waals surface area contributed by atoms with Crippen LogP contribution in [0.25, 0.3) is 10.8 Å². The molecule has 3 aromatic carbocycles. The maximum atomic E-state index is 13.4. The van der Waals surface area contributed by atoms with Crippen LogP contribution in [-0.2, 0) is 0 Å². The number of halogens is 1. The molecule has 33 heavy (non-hydrogen) atoms. The van der Waals surface area contributed by atoms with Crippen molar-refractivity contribution in [3.05, 3.63) is 64.7 Å². The summed E-state index contributed by atoms with van der Waals surface area (Å²) in [4.78, 5) is 27.8. The van der Waals surface area contributed by atoms with Crippen LogP contribution in [0.15, 0.2) is 48.5 Å². The van der Waals surface area contributed by atoms with Crippen LogP contribution in [-0.4, -0.2) is 49.7 Å². The van der Waals surface area contributed by atoms with Crippen molar-refractivity contribution in [3.63, 3.8) is 0 Å². The quantitative estimate of drug-likeness (QED) is 0.624. The number of amides is 2. The fourth-order valence-electron chi connectivity index (χ4n) is 4.55. The summed E-state index contributed by atoms with van der Waals surface area (Å²) in [6, 6.07) is 14.3. The number of carbonyl (C=O) groups excluding carboxylic acids is 2. The highest BCUT2D eigenvalue weighted by molar-refractivity contribution is 6.31. The molecule has 0 bridgehead atoms. The summed E-state index contributed by atoms with van der Waals surface area (Å²) in [5.74, 6) is 1.47. The van der Waals surface area contributed by atoms with Gasteiger partial charge in [0.05, 0.1) is 19.8 Å². The number of rotatable bonds is 3. The minimum absolute atomic E-state index is 0.106. The molecule has 0 aromatic heterocycles. The number of hydrogen-bond acceptors (Lipinski definition) is 5. The summed E-state index contributed by atoms with van der Waals surface area (Å²) in [7, 11) is 3.19. The van der Waals surface area contributed by atoms with Crippen LogP contribution in [0.4, 0.5) is 0 Å². The molecule has 5 rings (SSSR count). The van der Waals surface area contributed by atoms with Gasteiger partial charge >= 0.3 is 0 Å². The fraction of sp³-hybridized carbons (Fsp3) is 0.280. The highest BCUT2D eigenvalue weighted by Gasteiger charge is 2.43. The van der Waals surface area contributed by atoms with Gasteiger partial charge < -0.3 is 24.4 Å². The molecule has 1 N–H and O–H groups in total. The first-order chi connectivity index (χ1) is 15.9. The van der Waals surface area contributed by atoms with E-state index in [0.29, 0.717) is 59.3 Å². The van der Waals surface area contributed by atoms with Crippen molar-refractivity contribution in [2.45, 2.75) is 18.6 Å². The van der Waals surface area contributed by atoms with Gasteiger partial charge in [-0.3, -0.25) is 9.59 Å². The SMILES string of the molecule is COc1cc(C(=O)N2CCC3(CC2)NC(=O)c2cc(Cl)ccc2O3)cc2c(OC)cccc12. The maximum Gasteiger partial charge on any atom is 0.258 e. The van der Waals surface area contributed by atoms with E-state index in [-0.39, 0.29) is 11.8 Å². The molecule has 7 nitrogen and oxygen atoms in total. The zero-order valence-corrected chi connectivity index (χ0v) is 19.1. The second-order valence-corrected chi connectivity index (χ2v) is 8.65. The summed E-state index contributed by atoms with van der Waals surface area (Å²) in [6.45, 7) is 0.878. The summed E-state index contributed by atoms with van der Waals surface area (Å²) in [5.41, 5.74) is 0.108. The molecule has 0 saturated carbocycles. The van der Waals surface area contributed by atoms with Crippen molar-refractivity contribution in [2.24, 2.45) is 0 Å². The van der Waals surface area contributed by atoms with Crippen LogP contribution < -0.4 is 19.5 Å². The Labute approximate surface area is 196 Å². The summed E-state index contributed by atoms with van der Waals surface area (Å²) >= 11 is 6.01. The predicted molar refractivity (Wildman–Crippen MR) is 124 cm³/mol. The maximum absolute atomic E-state index is 13.4. The Bertz CT molecular complexity index is 1270. The van der Waals surface area contributed by atoms with Crippen LogP contribution in [0.5, 0.6) is 17.2 Å². The zero-order chi connectivity index (χ0) is 23.2. The topological polar surface area (TPSA) is 77.1 Å². The van der Waals surface area contributed by atoms with Gasteiger partial charge in [-0.1, -0.05) is 23.7 Å². The molecule has 1 fully saturated rings. The molecule has 0 atom stereocenters. The predicted octanol–water partition coefficient (Wildman–Crippen LogP) is 4.27. The lowest BCUT2D eigenvalue weighted by Crippen LogP contribution is -2.61. The lowest BCUT2D eigenvalue weighted by molar-refractivity contribution is -0.0245. The molecular formula is C25H23ClN2O5. The van der Waals surface area contributed by atoms with Gasteiger partial charge in [0, 0.05) is 47.3 Å². The highest BCUT2D eigenvalue weighted by atomic mass is 35.5. The van der Waals surface area contributed by atoms with Crippen molar-refractivity contribution >= 4 is 34.2 Å². The molecule has 0 unspecified atom stereocenters. The van der Waals surface area contributed by atoms with Gasteiger partial charge in [-0.05, 0) is 36.4 Å². The summed E-state index contributed by atoms with van der Waals surface area (Å²) in [6.07, 6.45) is 0.946. The third kappa shape index (κ3) is 3.72. The molecule has 2 aliphatic rings. The van der Waals surface area contributed by atoms with Gasteiger partial charge in [-0.2, -0.15) is 0 Å². The average molecular weight is 467 g/mol. The van der Waals surface area contributed by atoms with Crippen molar-refractivity contribution < 1.29 is 23.8 Å². The number of likely N-dealkylation sites (tertiary alicyclic amines) is 1. The molecular weight excluding hydrogens is 444 g/mol. The van der Waals surface area contributed by atoms with Crippen LogP contribution in [0.1, 0.15) is 33.6 Å². The van der Waals surface area contributed by atoms with Gasteiger partial charge in [-0.15, -0.1) is 0 Å². The number of fused-ring (bicyclic) bond motifs is 2. The van der Waals surface area contributed by atoms with Crippen LogP contribution in [0.3, 0.4) is 0 Å². The Hall–Kier alpha value is -3.45. The number of nitrogens with one attached hydrogen (secondary N) is 1. The normalized spacial score (nSPS) is 16.7. The number of ether oxygens (including phenoxy) is 3. The number of benzene rings is 3. The van der Waals surface area contributed by atoms with E-state index in [1.807, 2.05) is 24.3 Å². The van der Waals surface area contributed by atoms with Crippen LogP contribution >= 0.6 is 11.6 Å². The summed E-state index contributed by atoms with van der Waals surface area (Å²) in [5, 5.41) is 5.15. The van der Waals surface area contributed by atoms with Crippen molar-refractivity contribution in [3.8, 4) is 17.2 Å². The lowest BCUT2D eigenvalue weighted by atomic mass is 9.96. The molecule has 1 spiro atoms. The molecule has 8 heteroatoms. The van der Waals surface area contributed by atoms with Crippen molar-refractivity contribution in [1.29, 1.82) is 0 Å². The second-order valence-electron chi connectivity index (χ2n) is 8.22. The Morgan fingerprint density at radius 1 is 1.03 bits per heavy atom. The van der Waals surface area contributed by atoms with E-state index in [9.17, 15) is 9.59 Å². The van der Waals surface area contributed by atoms with E-state index >= 15 is 0 Å². The first-order valence-corrected chi connectivity index (χ1v) is 11.1. The Morgan fingerprint density at radius 3 is 2.52 bits per heavy atom. The Morgan fingerprint density at radius 2 is 1.79 bits per heavy atom. The summed E-state index contributed by atoms with van der Waals surface area (Å²) < 4.78 is 17.2. The minimum atomic E-state index is -0.834. The van der Waals surface area contributed by atoms with E-state index < -0.39 is 5.72 Å². The van der Waals surface area contributed by atoms with E-state index in [4.69, 9.17) is 25.8 Å². The first kappa shape index (κ1) is 21.4. The molecule has 0 aliphatic carbocycles. The molecule has 170 valence electrons. The lowest BCUT2D eigenvalue weighted by Gasteiger charge is -2.44. The molecule has 2 amide bonds. The highest BCUT2D eigenvalue weighted by Crippen LogP contribution is 2.37. The number of hydrogen-bond donors (Lipinski definition) is 1. The minimum Gasteiger partial charge on any atom is -0.496 e. The second kappa shape index (κ2) is 8.15. The standard InChI is InChI=1S/C25H23ClN2O5/c1-31-20-5-3-4-17-18(20)12-15(13-22(17)32-2)24(30)28-10-8-25(9-11-28)27-23(29)19-14-16(26)6-7-21(19)33-25/h3-7,12-14H,8-11H2,1-2H3,(H,27,29). The van der Waals surface area contributed by atoms with E-state index in [1.54, 1.807) is 43.4 Å². The largest absolute Gasteiger partial charge is 0.496 e. The zero-order valence-electron chi connectivity index (χ0n) is 18.3. The Balaban J connectivity index is 1.38. The Kier molecular flexibility index (Phi) is 5.29.